The SMILES string of the molecule is C=C/C=C(\C=C/C)c1ccc(C2=NC(CCN3CCCC3C)=C(C)C2)cc1. The van der Waals surface area contributed by atoms with Gasteiger partial charge in [-0.3, -0.25) is 4.99 Å². The Morgan fingerprint density at radius 1 is 1.30 bits per heavy atom. The van der Waals surface area contributed by atoms with Gasteiger partial charge in [-0.15, -0.1) is 0 Å². The molecule has 3 rings (SSSR count). The molecule has 2 heteroatoms. The molecule has 2 aliphatic heterocycles. The van der Waals surface area contributed by atoms with Crippen molar-refractivity contribution in [1.29, 1.82) is 0 Å². The third-order valence-corrected chi connectivity index (χ3v) is 5.72. The maximum Gasteiger partial charge on any atom is 0.0520 e. The highest BCUT2D eigenvalue weighted by atomic mass is 15.2. The predicted molar refractivity (Wildman–Crippen MR) is 118 cm³/mol. The van der Waals surface area contributed by atoms with E-state index in [0.717, 1.165) is 25.4 Å². The Hall–Kier alpha value is -2.19. The van der Waals surface area contributed by atoms with Crippen LogP contribution < -0.4 is 0 Å². The summed E-state index contributed by atoms with van der Waals surface area (Å²) in [5.74, 6) is 0. The third-order valence-electron chi connectivity index (χ3n) is 5.72. The highest BCUT2D eigenvalue weighted by Gasteiger charge is 2.22. The summed E-state index contributed by atoms with van der Waals surface area (Å²) >= 11 is 0. The summed E-state index contributed by atoms with van der Waals surface area (Å²) in [5.41, 5.74) is 7.58. The molecule has 0 aliphatic carbocycles. The lowest BCUT2D eigenvalue weighted by Crippen LogP contribution is -2.28. The maximum atomic E-state index is 5.00. The van der Waals surface area contributed by atoms with Crippen LogP contribution in [-0.4, -0.2) is 29.7 Å². The Bertz CT molecular complexity index is 790. The van der Waals surface area contributed by atoms with Crippen LogP contribution in [0.15, 0.2) is 71.4 Å². The molecule has 0 amide bonds. The van der Waals surface area contributed by atoms with Crippen LogP contribution in [0.4, 0.5) is 0 Å². The molecule has 1 unspecified atom stereocenters. The predicted octanol–water partition coefficient (Wildman–Crippen LogP) is 6.17. The minimum atomic E-state index is 0.735. The first kappa shape index (κ1) is 19.6. The smallest absolute Gasteiger partial charge is 0.0520 e. The zero-order chi connectivity index (χ0) is 19.2. The number of benzene rings is 1. The van der Waals surface area contributed by atoms with E-state index in [1.54, 1.807) is 0 Å². The zero-order valence-electron chi connectivity index (χ0n) is 17.0. The number of likely N-dealkylation sites (tertiary alicyclic amines) is 1. The van der Waals surface area contributed by atoms with Crippen molar-refractivity contribution in [3.63, 3.8) is 0 Å². The van der Waals surface area contributed by atoms with Crippen molar-refractivity contribution < 1.29 is 0 Å². The van der Waals surface area contributed by atoms with Gasteiger partial charge in [-0.2, -0.15) is 0 Å². The fourth-order valence-electron chi connectivity index (χ4n) is 4.07. The van der Waals surface area contributed by atoms with Crippen molar-refractivity contribution in [3.05, 3.63) is 77.5 Å². The van der Waals surface area contributed by atoms with E-state index in [-0.39, 0.29) is 0 Å². The van der Waals surface area contributed by atoms with Gasteiger partial charge in [-0.05, 0) is 62.4 Å². The molecule has 2 heterocycles. The number of hydrogen-bond donors (Lipinski definition) is 0. The molecule has 2 nitrogen and oxygen atoms in total. The van der Waals surface area contributed by atoms with E-state index in [4.69, 9.17) is 4.99 Å². The summed E-state index contributed by atoms with van der Waals surface area (Å²) in [5, 5.41) is 0. The van der Waals surface area contributed by atoms with Gasteiger partial charge in [-0.1, -0.05) is 55.1 Å². The third kappa shape index (κ3) is 4.75. The van der Waals surface area contributed by atoms with Gasteiger partial charge in [0.15, 0.2) is 0 Å². The molecule has 1 fully saturated rings. The molecule has 27 heavy (non-hydrogen) atoms. The molecule has 1 aromatic carbocycles. The van der Waals surface area contributed by atoms with Crippen LogP contribution >= 0.6 is 0 Å². The average molecular weight is 361 g/mol. The lowest BCUT2D eigenvalue weighted by molar-refractivity contribution is 0.272. The summed E-state index contributed by atoms with van der Waals surface area (Å²) in [6, 6.07) is 9.51. The fourth-order valence-corrected chi connectivity index (χ4v) is 4.07. The van der Waals surface area contributed by atoms with Crippen LogP contribution in [0, 0.1) is 0 Å². The minimum absolute atomic E-state index is 0.735. The van der Waals surface area contributed by atoms with Crippen LogP contribution in [-0.2, 0) is 0 Å². The van der Waals surface area contributed by atoms with Crippen molar-refractivity contribution in [2.75, 3.05) is 13.1 Å². The summed E-state index contributed by atoms with van der Waals surface area (Å²) in [4.78, 5) is 7.61. The van der Waals surface area contributed by atoms with E-state index in [9.17, 15) is 0 Å². The van der Waals surface area contributed by atoms with Gasteiger partial charge < -0.3 is 4.90 Å². The molecule has 0 aromatic heterocycles. The lowest BCUT2D eigenvalue weighted by Gasteiger charge is -2.20. The second-order valence-electron chi connectivity index (χ2n) is 7.67. The minimum Gasteiger partial charge on any atom is -0.300 e. The monoisotopic (exact) mass is 360 g/mol. The molecule has 2 aliphatic rings. The Morgan fingerprint density at radius 3 is 2.70 bits per heavy atom. The van der Waals surface area contributed by atoms with Gasteiger partial charge in [0.1, 0.15) is 0 Å². The Balaban J connectivity index is 1.68. The molecule has 1 aromatic rings. The summed E-state index contributed by atoms with van der Waals surface area (Å²) in [7, 11) is 0. The summed E-state index contributed by atoms with van der Waals surface area (Å²) in [6.45, 7) is 12.8. The maximum absolute atomic E-state index is 5.00. The first-order valence-corrected chi connectivity index (χ1v) is 10.2. The fraction of sp³-hybridized carbons (Fsp3) is 0.400. The first-order valence-electron chi connectivity index (χ1n) is 10.2. The number of allylic oxidation sites excluding steroid dienone is 6. The molecule has 0 radical (unpaired) electrons. The van der Waals surface area contributed by atoms with Crippen molar-refractivity contribution >= 4 is 11.3 Å². The van der Waals surface area contributed by atoms with Crippen molar-refractivity contribution in [3.8, 4) is 0 Å². The van der Waals surface area contributed by atoms with Crippen LogP contribution in [0.1, 0.15) is 57.6 Å². The van der Waals surface area contributed by atoms with E-state index < -0.39 is 0 Å². The average Bonchev–Trinajstić information content (AvgIpc) is 3.25. The number of nitrogens with zero attached hydrogens (tertiary/aromatic N) is 2. The quantitative estimate of drug-likeness (QED) is 0.531. The van der Waals surface area contributed by atoms with Crippen molar-refractivity contribution in [1.82, 2.24) is 4.90 Å². The Labute approximate surface area is 164 Å². The van der Waals surface area contributed by atoms with Crippen LogP contribution in [0.25, 0.3) is 5.57 Å². The molecular formula is C25H32N2. The first-order chi connectivity index (χ1) is 13.1. The highest BCUT2D eigenvalue weighted by molar-refractivity contribution is 6.04. The molecule has 142 valence electrons. The number of rotatable bonds is 7. The van der Waals surface area contributed by atoms with Crippen LogP contribution in [0.2, 0.25) is 0 Å². The molecule has 0 N–H and O–H groups in total. The topological polar surface area (TPSA) is 15.6 Å². The molecule has 0 bridgehead atoms. The standard InChI is InChI=1S/C25H32N2/c1-5-8-21(9-6-2)22-11-13-23(14-12-22)25-18-19(3)24(26-25)15-17-27-16-7-10-20(27)4/h5-6,8-9,11-14,20H,1,7,10,15-18H2,2-4H3/b9-6-,21-8+. The van der Waals surface area contributed by atoms with E-state index in [2.05, 4.69) is 61.7 Å². The lowest BCUT2D eigenvalue weighted by atomic mass is 9.99. The van der Waals surface area contributed by atoms with Gasteiger partial charge >= 0.3 is 0 Å². The van der Waals surface area contributed by atoms with Crippen molar-refractivity contribution in [2.24, 2.45) is 4.99 Å². The van der Waals surface area contributed by atoms with Crippen molar-refractivity contribution in [2.45, 2.75) is 52.5 Å². The number of aliphatic imine (C=N–C) groups is 1. The number of hydrogen-bond acceptors (Lipinski definition) is 2. The van der Waals surface area contributed by atoms with Crippen LogP contribution in [0.3, 0.4) is 0 Å². The normalized spacial score (nSPS) is 21.4. The summed E-state index contributed by atoms with van der Waals surface area (Å²) in [6.07, 6.45) is 12.8. The van der Waals surface area contributed by atoms with Gasteiger partial charge in [0, 0.05) is 31.1 Å². The second-order valence-corrected chi connectivity index (χ2v) is 7.67. The molecule has 1 saturated heterocycles. The molecule has 0 spiro atoms. The highest BCUT2D eigenvalue weighted by Crippen LogP contribution is 2.27. The molecule has 1 atom stereocenters. The Kier molecular flexibility index (Phi) is 6.63. The van der Waals surface area contributed by atoms with Gasteiger partial charge in [-0.25, -0.2) is 0 Å². The van der Waals surface area contributed by atoms with Gasteiger partial charge in [0.2, 0.25) is 0 Å². The largest absolute Gasteiger partial charge is 0.300 e. The van der Waals surface area contributed by atoms with E-state index in [1.165, 1.54) is 53.1 Å². The van der Waals surface area contributed by atoms with Gasteiger partial charge in [0.05, 0.1) is 5.71 Å². The zero-order valence-corrected chi connectivity index (χ0v) is 17.0. The second kappa shape index (κ2) is 9.14. The van der Waals surface area contributed by atoms with Gasteiger partial charge in [0.25, 0.3) is 0 Å². The van der Waals surface area contributed by atoms with E-state index in [0.29, 0.717) is 0 Å². The Morgan fingerprint density at radius 2 is 2.07 bits per heavy atom. The summed E-state index contributed by atoms with van der Waals surface area (Å²) < 4.78 is 0. The van der Waals surface area contributed by atoms with E-state index >= 15 is 0 Å². The molecular weight excluding hydrogens is 328 g/mol. The van der Waals surface area contributed by atoms with Crippen LogP contribution in [0.5, 0.6) is 0 Å². The van der Waals surface area contributed by atoms with E-state index in [1.807, 2.05) is 19.1 Å². The molecule has 0 saturated carbocycles.